The van der Waals surface area contributed by atoms with Crippen molar-refractivity contribution in [1.29, 1.82) is 0 Å². The molecule has 3 rings (SSSR count). The van der Waals surface area contributed by atoms with Crippen molar-refractivity contribution in [2.24, 2.45) is 0 Å². The van der Waals surface area contributed by atoms with Gasteiger partial charge in [0.05, 0.1) is 11.7 Å². The SMILES string of the molecule is Cc1nn(C2CCOCC2)c2sc(C(=O)O)cc12. The van der Waals surface area contributed by atoms with Crippen molar-refractivity contribution in [3.05, 3.63) is 16.6 Å². The average molecular weight is 266 g/mol. The third kappa shape index (κ3) is 1.81. The van der Waals surface area contributed by atoms with Crippen LogP contribution in [-0.4, -0.2) is 34.1 Å². The fraction of sp³-hybridized carbons (Fsp3) is 0.500. The van der Waals surface area contributed by atoms with Gasteiger partial charge >= 0.3 is 5.97 Å². The quantitative estimate of drug-likeness (QED) is 0.906. The number of aromatic carboxylic acids is 1. The number of carboxylic acid groups (broad SMARTS) is 1. The molecule has 2 aromatic heterocycles. The van der Waals surface area contributed by atoms with Crippen LogP contribution in [0.1, 0.15) is 34.2 Å². The number of thiophene rings is 1. The molecular weight excluding hydrogens is 252 g/mol. The summed E-state index contributed by atoms with van der Waals surface area (Å²) in [7, 11) is 0. The lowest BCUT2D eigenvalue weighted by atomic mass is 10.1. The normalized spacial score (nSPS) is 17.4. The van der Waals surface area contributed by atoms with E-state index in [4.69, 9.17) is 9.84 Å². The molecule has 5 nitrogen and oxygen atoms in total. The lowest BCUT2D eigenvalue weighted by molar-refractivity contribution is 0.0674. The summed E-state index contributed by atoms with van der Waals surface area (Å²) < 4.78 is 7.34. The van der Waals surface area contributed by atoms with Crippen LogP contribution in [0.2, 0.25) is 0 Å². The van der Waals surface area contributed by atoms with Crippen molar-refractivity contribution >= 4 is 27.5 Å². The van der Waals surface area contributed by atoms with Gasteiger partial charge < -0.3 is 9.84 Å². The van der Waals surface area contributed by atoms with E-state index in [2.05, 4.69) is 5.10 Å². The van der Waals surface area contributed by atoms with E-state index in [-0.39, 0.29) is 0 Å². The zero-order chi connectivity index (χ0) is 12.7. The van der Waals surface area contributed by atoms with Gasteiger partial charge in [-0.25, -0.2) is 4.79 Å². The van der Waals surface area contributed by atoms with Crippen molar-refractivity contribution in [2.45, 2.75) is 25.8 Å². The highest BCUT2D eigenvalue weighted by Crippen LogP contribution is 2.32. The Kier molecular flexibility index (Phi) is 2.83. The van der Waals surface area contributed by atoms with Crippen molar-refractivity contribution < 1.29 is 14.6 Å². The Morgan fingerprint density at radius 1 is 1.56 bits per heavy atom. The number of hydrogen-bond acceptors (Lipinski definition) is 4. The molecule has 0 aromatic carbocycles. The summed E-state index contributed by atoms with van der Waals surface area (Å²) in [5.41, 5.74) is 0.903. The molecule has 0 unspecified atom stereocenters. The number of nitrogens with zero attached hydrogens (tertiary/aromatic N) is 2. The van der Waals surface area contributed by atoms with E-state index in [1.165, 1.54) is 11.3 Å². The van der Waals surface area contributed by atoms with Gasteiger partial charge in [-0.3, -0.25) is 4.68 Å². The molecule has 1 aliphatic heterocycles. The first-order valence-corrected chi connectivity index (χ1v) is 6.78. The summed E-state index contributed by atoms with van der Waals surface area (Å²) in [6.07, 6.45) is 1.88. The maximum atomic E-state index is 11.0. The van der Waals surface area contributed by atoms with Crippen molar-refractivity contribution in [2.75, 3.05) is 13.2 Å². The van der Waals surface area contributed by atoms with Crippen LogP contribution in [0.5, 0.6) is 0 Å². The molecule has 0 radical (unpaired) electrons. The minimum Gasteiger partial charge on any atom is -0.477 e. The number of carboxylic acids is 1. The minimum absolute atomic E-state index is 0.329. The monoisotopic (exact) mass is 266 g/mol. The van der Waals surface area contributed by atoms with Gasteiger partial charge in [0.2, 0.25) is 0 Å². The molecule has 1 N–H and O–H groups in total. The van der Waals surface area contributed by atoms with Gasteiger partial charge in [0, 0.05) is 18.6 Å². The molecule has 0 saturated carbocycles. The predicted molar refractivity (Wildman–Crippen MR) is 68.4 cm³/mol. The Morgan fingerprint density at radius 2 is 2.28 bits per heavy atom. The topological polar surface area (TPSA) is 64.4 Å². The van der Waals surface area contributed by atoms with Crippen LogP contribution < -0.4 is 0 Å². The maximum Gasteiger partial charge on any atom is 0.345 e. The first-order valence-electron chi connectivity index (χ1n) is 5.96. The van der Waals surface area contributed by atoms with Gasteiger partial charge in [-0.05, 0) is 25.8 Å². The lowest BCUT2D eigenvalue weighted by Crippen LogP contribution is -2.20. The number of aromatic nitrogens is 2. The molecular formula is C12H14N2O3S. The standard InChI is InChI=1S/C12H14N2O3S/c1-7-9-6-10(12(15)16)18-11(9)14(13-7)8-2-4-17-5-3-8/h6,8H,2-5H2,1H3,(H,15,16). The zero-order valence-corrected chi connectivity index (χ0v) is 10.9. The van der Waals surface area contributed by atoms with E-state index in [0.717, 1.165) is 42.0 Å². The van der Waals surface area contributed by atoms with E-state index in [9.17, 15) is 4.79 Å². The number of fused-ring (bicyclic) bond motifs is 1. The second kappa shape index (κ2) is 4.37. The fourth-order valence-electron chi connectivity index (χ4n) is 2.35. The van der Waals surface area contributed by atoms with Gasteiger partial charge in [0.15, 0.2) is 0 Å². The van der Waals surface area contributed by atoms with Crippen LogP contribution >= 0.6 is 11.3 Å². The Bertz CT molecular complexity index is 596. The summed E-state index contributed by atoms with van der Waals surface area (Å²) >= 11 is 1.31. The molecule has 96 valence electrons. The highest BCUT2D eigenvalue weighted by Gasteiger charge is 2.22. The Balaban J connectivity index is 2.08. The van der Waals surface area contributed by atoms with Crippen LogP contribution in [0.3, 0.4) is 0 Å². The Labute approximate surface area is 108 Å². The molecule has 1 saturated heterocycles. The van der Waals surface area contributed by atoms with Gasteiger partial charge in [-0.1, -0.05) is 0 Å². The highest BCUT2D eigenvalue weighted by molar-refractivity contribution is 7.20. The fourth-order valence-corrected chi connectivity index (χ4v) is 3.43. The number of rotatable bonds is 2. The molecule has 0 atom stereocenters. The summed E-state index contributed by atoms with van der Waals surface area (Å²) in [5, 5.41) is 14.6. The molecule has 18 heavy (non-hydrogen) atoms. The summed E-state index contributed by atoms with van der Waals surface area (Å²) in [6, 6.07) is 2.05. The first kappa shape index (κ1) is 11.7. The van der Waals surface area contributed by atoms with E-state index >= 15 is 0 Å². The van der Waals surface area contributed by atoms with Gasteiger partial charge in [-0.2, -0.15) is 5.10 Å². The molecule has 1 fully saturated rings. The van der Waals surface area contributed by atoms with E-state index in [0.29, 0.717) is 10.9 Å². The smallest absolute Gasteiger partial charge is 0.345 e. The molecule has 2 aromatic rings. The van der Waals surface area contributed by atoms with Crippen LogP contribution in [0.15, 0.2) is 6.07 Å². The van der Waals surface area contributed by atoms with Crippen LogP contribution in [0.4, 0.5) is 0 Å². The molecule has 1 aliphatic rings. The largest absolute Gasteiger partial charge is 0.477 e. The lowest BCUT2D eigenvalue weighted by Gasteiger charge is -2.22. The van der Waals surface area contributed by atoms with E-state index < -0.39 is 5.97 Å². The Hall–Kier alpha value is -1.40. The molecule has 0 bridgehead atoms. The van der Waals surface area contributed by atoms with Crippen LogP contribution in [-0.2, 0) is 4.74 Å². The number of carbonyl (C=O) groups is 1. The van der Waals surface area contributed by atoms with E-state index in [1.807, 2.05) is 11.6 Å². The van der Waals surface area contributed by atoms with Gasteiger partial charge in [0.1, 0.15) is 9.71 Å². The first-order chi connectivity index (χ1) is 8.66. The van der Waals surface area contributed by atoms with Crippen LogP contribution in [0, 0.1) is 6.92 Å². The highest BCUT2D eigenvalue weighted by atomic mass is 32.1. The van der Waals surface area contributed by atoms with Gasteiger partial charge in [-0.15, -0.1) is 11.3 Å². The third-order valence-corrected chi connectivity index (χ3v) is 4.43. The summed E-state index contributed by atoms with van der Waals surface area (Å²) in [6.45, 7) is 3.43. The van der Waals surface area contributed by atoms with Crippen molar-refractivity contribution in [1.82, 2.24) is 9.78 Å². The van der Waals surface area contributed by atoms with Crippen molar-refractivity contribution in [3.63, 3.8) is 0 Å². The zero-order valence-electron chi connectivity index (χ0n) is 10.0. The maximum absolute atomic E-state index is 11.0. The minimum atomic E-state index is -0.867. The third-order valence-electron chi connectivity index (χ3n) is 3.32. The summed E-state index contributed by atoms with van der Waals surface area (Å²) in [5.74, 6) is -0.867. The van der Waals surface area contributed by atoms with Crippen molar-refractivity contribution in [3.8, 4) is 0 Å². The molecule has 0 aliphatic carbocycles. The Morgan fingerprint density at radius 3 is 2.94 bits per heavy atom. The number of aryl methyl sites for hydroxylation is 1. The summed E-state index contributed by atoms with van der Waals surface area (Å²) in [4.78, 5) is 12.4. The average Bonchev–Trinajstić information content (AvgIpc) is 2.92. The molecule has 3 heterocycles. The van der Waals surface area contributed by atoms with Gasteiger partial charge in [0.25, 0.3) is 0 Å². The van der Waals surface area contributed by atoms with Crippen LogP contribution in [0.25, 0.3) is 10.2 Å². The second-order valence-electron chi connectivity index (χ2n) is 4.51. The predicted octanol–water partition coefficient (Wildman–Crippen LogP) is 2.46. The number of ether oxygens (including phenoxy) is 1. The van der Waals surface area contributed by atoms with E-state index in [1.54, 1.807) is 6.07 Å². The molecule has 0 amide bonds. The molecule has 0 spiro atoms. The molecule has 6 heteroatoms. The number of hydrogen-bond donors (Lipinski definition) is 1. The second-order valence-corrected chi connectivity index (χ2v) is 5.54.